The lowest BCUT2D eigenvalue weighted by Crippen LogP contribution is -2.38. The lowest BCUT2D eigenvalue weighted by atomic mass is 9.94. The number of amides is 1. The zero-order chi connectivity index (χ0) is 22.7. The number of morpholine rings is 1. The Kier molecular flexibility index (Phi) is 6.72. The summed E-state index contributed by atoms with van der Waals surface area (Å²) in [4.78, 5) is 30.0. The highest BCUT2D eigenvalue weighted by Gasteiger charge is 2.45. The Hall–Kier alpha value is -2.96. The Bertz CT molecular complexity index is 1010. The molecule has 0 aromatic heterocycles. The molecule has 168 valence electrons. The van der Waals surface area contributed by atoms with Gasteiger partial charge in [0.2, 0.25) is 0 Å². The average Bonchev–Trinajstić information content (AvgIpc) is 3.05. The molecule has 6 nitrogen and oxygen atoms in total. The third kappa shape index (κ3) is 4.61. The predicted molar refractivity (Wildman–Crippen MR) is 123 cm³/mol. The molecule has 2 aliphatic heterocycles. The number of aliphatic hydroxyl groups excluding tert-OH is 1. The molecule has 2 fully saturated rings. The number of ketones is 1. The van der Waals surface area contributed by atoms with E-state index in [1.54, 1.807) is 17.0 Å². The van der Waals surface area contributed by atoms with Crippen molar-refractivity contribution in [1.82, 2.24) is 9.80 Å². The number of carbonyl (C=O) groups excluding carboxylic acids is 2. The number of carbonyl (C=O) groups is 2. The van der Waals surface area contributed by atoms with Crippen molar-refractivity contribution in [1.29, 1.82) is 0 Å². The fourth-order valence-corrected chi connectivity index (χ4v) is 4.36. The molecular weight excluding hydrogens is 404 g/mol. The number of rotatable bonds is 6. The Labute approximate surface area is 189 Å². The Morgan fingerprint density at radius 2 is 1.53 bits per heavy atom. The predicted octanol–water partition coefficient (Wildman–Crippen LogP) is 3.45. The average molecular weight is 435 g/mol. The van der Waals surface area contributed by atoms with E-state index in [9.17, 15) is 14.7 Å². The summed E-state index contributed by atoms with van der Waals surface area (Å²) in [5, 5.41) is 11.1. The molecule has 0 saturated carbocycles. The minimum atomic E-state index is -0.625. The van der Waals surface area contributed by atoms with Crippen molar-refractivity contribution in [2.45, 2.75) is 26.3 Å². The molecule has 2 saturated heterocycles. The standard InChI is InChI=1S/C26H30N2O4/c1-18-4-8-20(9-5-18)23-22(24(29)21-10-6-19(2)7-11-21)25(30)26(31)28(23)13-3-12-27-14-16-32-17-15-27/h4-11,23,29H,3,12-17H2,1-2H3/t23-/m0/s1. The second-order valence-electron chi connectivity index (χ2n) is 8.58. The molecule has 4 rings (SSSR count). The molecule has 0 spiro atoms. The van der Waals surface area contributed by atoms with E-state index in [1.165, 1.54) is 0 Å². The fraction of sp³-hybridized carbons (Fsp3) is 0.385. The SMILES string of the molecule is Cc1ccc(C(O)=C2C(=O)C(=O)N(CCCN3CCOCC3)[C@H]2c2ccc(C)cc2)cc1. The van der Waals surface area contributed by atoms with Crippen molar-refractivity contribution in [2.75, 3.05) is 39.4 Å². The van der Waals surface area contributed by atoms with Gasteiger partial charge in [0.05, 0.1) is 24.8 Å². The summed E-state index contributed by atoms with van der Waals surface area (Å²) >= 11 is 0. The molecule has 0 bridgehead atoms. The van der Waals surface area contributed by atoms with Crippen LogP contribution in [0.3, 0.4) is 0 Å². The van der Waals surface area contributed by atoms with E-state index >= 15 is 0 Å². The quantitative estimate of drug-likeness (QED) is 0.428. The van der Waals surface area contributed by atoms with Crippen molar-refractivity contribution < 1.29 is 19.4 Å². The Morgan fingerprint density at radius 1 is 0.938 bits per heavy atom. The summed E-state index contributed by atoms with van der Waals surface area (Å²) in [5.41, 5.74) is 3.68. The van der Waals surface area contributed by atoms with Crippen molar-refractivity contribution in [3.63, 3.8) is 0 Å². The van der Waals surface area contributed by atoms with Gasteiger partial charge in [0.25, 0.3) is 11.7 Å². The van der Waals surface area contributed by atoms with E-state index in [0.29, 0.717) is 12.1 Å². The zero-order valence-electron chi connectivity index (χ0n) is 18.7. The monoisotopic (exact) mass is 434 g/mol. The normalized spacial score (nSPS) is 21.3. The van der Waals surface area contributed by atoms with E-state index in [2.05, 4.69) is 4.90 Å². The first-order chi connectivity index (χ1) is 15.5. The number of hydrogen-bond donors (Lipinski definition) is 1. The number of likely N-dealkylation sites (tertiary alicyclic amines) is 1. The molecule has 1 atom stereocenters. The summed E-state index contributed by atoms with van der Waals surface area (Å²) in [6.45, 7) is 8.46. The second-order valence-corrected chi connectivity index (χ2v) is 8.58. The Morgan fingerprint density at radius 3 is 2.16 bits per heavy atom. The molecule has 2 heterocycles. The minimum absolute atomic E-state index is 0.121. The highest BCUT2D eigenvalue weighted by atomic mass is 16.5. The summed E-state index contributed by atoms with van der Waals surface area (Å²) in [5.74, 6) is -1.30. The van der Waals surface area contributed by atoms with Gasteiger partial charge in [0.15, 0.2) is 0 Å². The van der Waals surface area contributed by atoms with Crippen LogP contribution in [0.15, 0.2) is 54.1 Å². The lowest BCUT2D eigenvalue weighted by Gasteiger charge is -2.29. The van der Waals surface area contributed by atoms with Crippen LogP contribution >= 0.6 is 0 Å². The van der Waals surface area contributed by atoms with Crippen LogP contribution in [0.25, 0.3) is 5.76 Å². The highest BCUT2D eigenvalue weighted by Crippen LogP contribution is 2.39. The first-order valence-electron chi connectivity index (χ1n) is 11.2. The van der Waals surface area contributed by atoms with Gasteiger partial charge in [-0.3, -0.25) is 14.5 Å². The van der Waals surface area contributed by atoms with Gasteiger partial charge >= 0.3 is 0 Å². The first kappa shape index (κ1) is 22.2. The summed E-state index contributed by atoms with van der Waals surface area (Å²) in [7, 11) is 0. The third-order valence-corrected chi connectivity index (χ3v) is 6.24. The smallest absolute Gasteiger partial charge is 0.295 e. The number of ether oxygens (including phenoxy) is 1. The maximum atomic E-state index is 13.1. The maximum absolute atomic E-state index is 13.1. The molecule has 0 unspecified atom stereocenters. The van der Waals surface area contributed by atoms with Crippen LogP contribution in [0.2, 0.25) is 0 Å². The third-order valence-electron chi connectivity index (χ3n) is 6.24. The van der Waals surface area contributed by atoms with Gasteiger partial charge < -0.3 is 14.7 Å². The van der Waals surface area contributed by atoms with Crippen molar-refractivity contribution in [3.05, 3.63) is 76.4 Å². The van der Waals surface area contributed by atoms with E-state index in [-0.39, 0.29) is 11.3 Å². The molecule has 1 N–H and O–H groups in total. The van der Waals surface area contributed by atoms with Crippen molar-refractivity contribution in [2.24, 2.45) is 0 Å². The first-order valence-corrected chi connectivity index (χ1v) is 11.2. The lowest BCUT2D eigenvalue weighted by molar-refractivity contribution is -0.140. The molecule has 0 radical (unpaired) electrons. The number of hydrogen-bond acceptors (Lipinski definition) is 5. The van der Waals surface area contributed by atoms with Gasteiger partial charge in [-0.05, 0) is 25.8 Å². The van der Waals surface area contributed by atoms with Crippen LogP contribution in [0.5, 0.6) is 0 Å². The summed E-state index contributed by atoms with van der Waals surface area (Å²) in [6, 6.07) is 14.5. The molecule has 32 heavy (non-hydrogen) atoms. The number of nitrogens with zero attached hydrogens (tertiary/aromatic N) is 2. The largest absolute Gasteiger partial charge is 0.507 e. The molecule has 1 amide bonds. The van der Waals surface area contributed by atoms with E-state index < -0.39 is 17.7 Å². The number of benzene rings is 2. The molecule has 2 aliphatic rings. The van der Waals surface area contributed by atoms with Gasteiger partial charge in [-0.15, -0.1) is 0 Å². The highest BCUT2D eigenvalue weighted by molar-refractivity contribution is 6.46. The number of aliphatic hydroxyl groups is 1. The molecule has 0 aliphatic carbocycles. The van der Waals surface area contributed by atoms with E-state index in [1.807, 2.05) is 50.2 Å². The van der Waals surface area contributed by atoms with E-state index in [0.717, 1.165) is 56.0 Å². The summed E-state index contributed by atoms with van der Waals surface area (Å²) < 4.78 is 5.40. The van der Waals surface area contributed by atoms with Crippen LogP contribution in [0.4, 0.5) is 0 Å². The van der Waals surface area contributed by atoms with Crippen LogP contribution in [-0.4, -0.2) is 66.0 Å². The maximum Gasteiger partial charge on any atom is 0.295 e. The van der Waals surface area contributed by atoms with E-state index in [4.69, 9.17) is 4.74 Å². The van der Waals surface area contributed by atoms with Gasteiger partial charge in [0, 0.05) is 31.7 Å². The molecule has 2 aromatic rings. The number of aryl methyl sites for hydroxylation is 2. The van der Waals surface area contributed by atoms with Gasteiger partial charge in [-0.2, -0.15) is 0 Å². The minimum Gasteiger partial charge on any atom is -0.507 e. The molecular formula is C26H30N2O4. The van der Waals surface area contributed by atoms with Crippen LogP contribution < -0.4 is 0 Å². The van der Waals surface area contributed by atoms with Crippen LogP contribution in [0, 0.1) is 13.8 Å². The molecule has 2 aromatic carbocycles. The molecule has 6 heteroatoms. The summed E-state index contributed by atoms with van der Waals surface area (Å²) in [6.07, 6.45) is 0.750. The van der Waals surface area contributed by atoms with Crippen molar-refractivity contribution >= 4 is 17.4 Å². The van der Waals surface area contributed by atoms with Gasteiger partial charge in [-0.25, -0.2) is 0 Å². The number of Topliss-reactive ketones (excluding diaryl/α,β-unsaturated/α-hetero) is 1. The van der Waals surface area contributed by atoms with Crippen molar-refractivity contribution in [3.8, 4) is 0 Å². The second kappa shape index (κ2) is 9.67. The topological polar surface area (TPSA) is 70.1 Å². The van der Waals surface area contributed by atoms with Gasteiger partial charge in [-0.1, -0.05) is 59.7 Å². The zero-order valence-corrected chi connectivity index (χ0v) is 18.7. The van der Waals surface area contributed by atoms with Crippen LogP contribution in [-0.2, 0) is 14.3 Å². The fourth-order valence-electron chi connectivity index (χ4n) is 4.36. The van der Waals surface area contributed by atoms with Gasteiger partial charge in [0.1, 0.15) is 5.76 Å². The van der Waals surface area contributed by atoms with Crippen LogP contribution in [0.1, 0.15) is 34.7 Å². The Balaban J connectivity index is 1.66.